The molecule has 0 saturated carbocycles. The lowest BCUT2D eigenvalue weighted by atomic mass is 10.1. The number of amides is 1. The van der Waals surface area contributed by atoms with Gasteiger partial charge in [0.05, 0.1) is 14.2 Å². The third-order valence-corrected chi connectivity index (χ3v) is 5.06. The van der Waals surface area contributed by atoms with E-state index in [1.165, 1.54) is 5.56 Å². The molecule has 0 atom stereocenters. The number of nitrogens with one attached hydrogen (secondary N) is 2. The van der Waals surface area contributed by atoms with Crippen molar-refractivity contribution in [1.29, 1.82) is 0 Å². The van der Waals surface area contributed by atoms with Gasteiger partial charge in [-0.05, 0) is 49.1 Å². The maximum absolute atomic E-state index is 12.7. The highest BCUT2D eigenvalue weighted by Gasteiger charge is 2.23. The number of rotatable bonds is 8. The van der Waals surface area contributed by atoms with Crippen LogP contribution < -0.4 is 25.0 Å². The van der Waals surface area contributed by atoms with Crippen LogP contribution in [0.5, 0.6) is 11.5 Å². The SMILES string of the molecule is CCNC(=NCC(=O)N1CCc2ccccc21)NCCc1ccc(OC)c(OC)c1. The van der Waals surface area contributed by atoms with Crippen molar-refractivity contribution >= 4 is 17.6 Å². The number of ether oxygens (including phenoxy) is 2. The van der Waals surface area contributed by atoms with Crippen LogP contribution in [0.2, 0.25) is 0 Å². The zero-order valence-corrected chi connectivity index (χ0v) is 17.9. The first-order valence-corrected chi connectivity index (χ1v) is 10.3. The molecule has 0 aliphatic carbocycles. The summed E-state index contributed by atoms with van der Waals surface area (Å²) in [5.41, 5.74) is 3.35. The highest BCUT2D eigenvalue weighted by molar-refractivity contribution is 5.98. The summed E-state index contributed by atoms with van der Waals surface area (Å²) in [5, 5.41) is 6.49. The Morgan fingerprint density at radius 3 is 2.67 bits per heavy atom. The van der Waals surface area contributed by atoms with Crippen LogP contribution in [0.15, 0.2) is 47.5 Å². The van der Waals surface area contributed by atoms with Crippen molar-refractivity contribution in [2.24, 2.45) is 4.99 Å². The fourth-order valence-corrected chi connectivity index (χ4v) is 3.53. The topological polar surface area (TPSA) is 75.2 Å². The quantitative estimate of drug-likeness (QED) is 0.516. The van der Waals surface area contributed by atoms with E-state index < -0.39 is 0 Å². The summed E-state index contributed by atoms with van der Waals surface area (Å²) < 4.78 is 10.6. The van der Waals surface area contributed by atoms with E-state index >= 15 is 0 Å². The fourth-order valence-electron chi connectivity index (χ4n) is 3.53. The smallest absolute Gasteiger partial charge is 0.248 e. The number of methoxy groups -OCH3 is 2. The normalized spacial score (nSPS) is 13.0. The molecule has 2 aromatic carbocycles. The Bertz CT molecular complexity index is 898. The first-order valence-electron chi connectivity index (χ1n) is 10.3. The number of hydrogen-bond donors (Lipinski definition) is 2. The van der Waals surface area contributed by atoms with E-state index in [0.29, 0.717) is 24.0 Å². The number of nitrogens with zero attached hydrogens (tertiary/aromatic N) is 2. The number of anilines is 1. The average molecular weight is 411 g/mol. The van der Waals surface area contributed by atoms with Crippen molar-refractivity contribution < 1.29 is 14.3 Å². The van der Waals surface area contributed by atoms with Gasteiger partial charge in [0.2, 0.25) is 5.91 Å². The number of aliphatic imine (C=N–C) groups is 1. The van der Waals surface area contributed by atoms with E-state index in [2.05, 4.69) is 21.7 Å². The van der Waals surface area contributed by atoms with E-state index in [1.807, 2.05) is 48.2 Å². The molecule has 30 heavy (non-hydrogen) atoms. The monoisotopic (exact) mass is 410 g/mol. The second-order valence-corrected chi connectivity index (χ2v) is 6.99. The maximum Gasteiger partial charge on any atom is 0.248 e. The highest BCUT2D eigenvalue weighted by Crippen LogP contribution is 2.28. The maximum atomic E-state index is 12.7. The fraction of sp³-hybridized carbons (Fsp3) is 0.391. The molecule has 1 heterocycles. The molecule has 0 saturated heterocycles. The molecule has 160 valence electrons. The highest BCUT2D eigenvalue weighted by atomic mass is 16.5. The molecule has 2 N–H and O–H groups in total. The van der Waals surface area contributed by atoms with Crippen LogP contribution in [0.1, 0.15) is 18.1 Å². The largest absolute Gasteiger partial charge is 0.493 e. The Hall–Kier alpha value is -3.22. The molecular formula is C23H30N4O3. The molecule has 2 aromatic rings. The minimum atomic E-state index is 0.0112. The van der Waals surface area contributed by atoms with Crippen molar-refractivity contribution in [1.82, 2.24) is 10.6 Å². The number of hydrogen-bond acceptors (Lipinski definition) is 4. The summed E-state index contributed by atoms with van der Waals surface area (Å²) in [5.74, 6) is 2.08. The van der Waals surface area contributed by atoms with E-state index in [4.69, 9.17) is 9.47 Å². The van der Waals surface area contributed by atoms with E-state index in [1.54, 1.807) is 14.2 Å². The van der Waals surface area contributed by atoms with Crippen molar-refractivity contribution in [3.63, 3.8) is 0 Å². The van der Waals surface area contributed by atoms with Crippen LogP contribution in [-0.2, 0) is 17.6 Å². The van der Waals surface area contributed by atoms with Gasteiger partial charge in [-0.1, -0.05) is 24.3 Å². The zero-order chi connectivity index (χ0) is 21.3. The number of para-hydroxylation sites is 1. The van der Waals surface area contributed by atoms with Crippen molar-refractivity contribution in [3.05, 3.63) is 53.6 Å². The van der Waals surface area contributed by atoms with Crippen LogP contribution in [0.3, 0.4) is 0 Å². The minimum absolute atomic E-state index is 0.0112. The molecule has 7 nitrogen and oxygen atoms in total. The van der Waals surface area contributed by atoms with E-state index in [9.17, 15) is 4.79 Å². The molecule has 0 bridgehead atoms. The van der Waals surface area contributed by atoms with Gasteiger partial charge in [0, 0.05) is 25.3 Å². The van der Waals surface area contributed by atoms with E-state index in [0.717, 1.165) is 37.2 Å². The lowest BCUT2D eigenvalue weighted by Gasteiger charge is -2.17. The van der Waals surface area contributed by atoms with Gasteiger partial charge < -0.3 is 25.0 Å². The molecule has 1 aliphatic heterocycles. The molecule has 3 rings (SSSR count). The van der Waals surface area contributed by atoms with Gasteiger partial charge in [0.15, 0.2) is 17.5 Å². The van der Waals surface area contributed by atoms with Gasteiger partial charge in [-0.3, -0.25) is 4.79 Å². The molecular weight excluding hydrogens is 380 g/mol. The summed E-state index contributed by atoms with van der Waals surface area (Å²) in [4.78, 5) is 19.0. The Morgan fingerprint density at radius 1 is 1.10 bits per heavy atom. The molecule has 7 heteroatoms. The lowest BCUT2D eigenvalue weighted by molar-refractivity contribution is -0.117. The number of carbonyl (C=O) groups excluding carboxylic acids is 1. The van der Waals surface area contributed by atoms with Crippen LogP contribution in [0, 0.1) is 0 Å². The Labute approximate surface area is 178 Å². The summed E-state index contributed by atoms with van der Waals surface area (Å²) >= 11 is 0. The first kappa shape index (κ1) is 21.5. The molecule has 1 aliphatic rings. The predicted molar refractivity (Wildman–Crippen MR) is 120 cm³/mol. The Balaban J connectivity index is 1.55. The Morgan fingerprint density at radius 2 is 1.90 bits per heavy atom. The third-order valence-electron chi connectivity index (χ3n) is 5.06. The molecule has 1 amide bonds. The van der Waals surface area contributed by atoms with Crippen molar-refractivity contribution in [3.8, 4) is 11.5 Å². The van der Waals surface area contributed by atoms with Gasteiger partial charge in [-0.15, -0.1) is 0 Å². The van der Waals surface area contributed by atoms with Gasteiger partial charge in [0.25, 0.3) is 0 Å². The molecule has 0 unspecified atom stereocenters. The number of fused-ring (bicyclic) bond motifs is 1. The number of guanidine groups is 1. The van der Waals surface area contributed by atoms with Gasteiger partial charge >= 0.3 is 0 Å². The lowest BCUT2D eigenvalue weighted by Crippen LogP contribution is -2.39. The first-order chi connectivity index (χ1) is 14.7. The Kier molecular flexibility index (Phi) is 7.54. The number of benzene rings is 2. The average Bonchev–Trinajstić information content (AvgIpc) is 3.21. The van der Waals surface area contributed by atoms with Crippen LogP contribution >= 0.6 is 0 Å². The second-order valence-electron chi connectivity index (χ2n) is 6.99. The minimum Gasteiger partial charge on any atom is -0.493 e. The molecule has 0 spiro atoms. The summed E-state index contributed by atoms with van der Waals surface area (Å²) in [7, 11) is 3.26. The van der Waals surface area contributed by atoms with Gasteiger partial charge in [-0.25, -0.2) is 4.99 Å². The van der Waals surface area contributed by atoms with Gasteiger partial charge in [-0.2, -0.15) is 0 Å². The zero-order valence-electron chi connectivity index (χ0n) is 17.9. The summed E-state index contributed by atoms with van der Waals surface area (Å²) in [6, 6.07) is 13.9. The number of carbonyl (C=O) groups is 1. The second kappa shape index (κ2) is 10.5. The van der Waals surface area contributed by atoms with Crippen LogP contribution in [0.4, 0.5) is 5.69 Å². The van der Waals surface area contributed by atoms with Crippen molar-refractivity contribution in [2.75, 3.05) is 45.3 Å². The standard InChI is InChI=1S/C23H30N4O3/c1-4-24-23(25-13-11-17-9-10-20(29-2)21(15-17)30-3)26-16-22(28)27-14-12-18-7-5-6-8-19(18)27/h5-10,15H,4,11-14,16H2,1-3H3,(H2,24,25,26). The van der Waals surface area contributed by atoms with Gasteiger partial charge in [0.1, 0.15) is 6.54 Å². The van der Waals surface area contributed by atoms with Crippen LogP contribution in [-0.4, -0.2) is 52.3 Å². The van der Waals surface area contributed by atoms with Crippen LogP contribution in [0.25, 0.3) is 0 Å². The summed E-state index contributed by atoms with van der Waals surface area (Å²) in [6.07, 6.45) is 1.69. The molecule has 0 fully saturated rings. The third kappa shape index (κ3) is 5.23. The molecule has 0 aromatic heterocycles. The predicted octanol–water partition coefficient (Wildman–Crippen LogP) is 2.39. The van der Waals surface area contributed by atoms with Crippen molar-refractivity contribution in [2.45, 2.75) is 19.8 Å². The molecule has 0 radical (unpaired) electrons. The summed E-state index contributed by atoms with van der Waals surface area (Å²) in [6.45, 7) is 4.24. The van der Waals surface area contributed by atoms with E-state index in [-0.39, 0.29) is 12.5 Å².